The highest BCUT2D eigenvalue weighted by atomic mass is 35.5. The topological polar surface area (TPSA) is 95.9 Å². The fourth-order valence-corrected chi connectivity index (χ4v) is 2.26. The number of hydrogen-bond donors (Lipinski definition) is 3. The van der Waals surface area contributed by atoms with E-state index in [0.717, 1.165) is 0 Å². The standard InChI is InChI=1S/C12H11Cl2NO4.C2H6O/c1-2-19-10(16)5-12(18)6-3-7(13)8(14)4-9(6)15-11(12)17;1-2-3/h3-4,18H,2,5H2,1H3,(H,15,17);3H,2H2,1H3. The number of aliphatic hydroxyl groups excluding tert-OH is 1. The zero-order valence-corrected chi connectivity index (χ0v) is 13.7. The number of rotatable bonds is 3. The van der Waals surface area contributed by atoms with Gasteiger partial charge >= 0.3 is 5.97 Å². The number of fused-ring (bicyclic) bond motifs is 1. The van der Waals surface area contributed by atoms with Crippen LogP contribution in [0.15, 0.2) is 12.1 Å². The Bertz CT molecular complexity index is 579. The Morgan fingerprint density at radius 1 is 1.32 bits per heavy atom. The van der Waals surface area contributed by atoms with Crippen molar-refractivity contribution in [2.24, 2.45) is 0 Å². The lowest BCUT2D eigenvalue weighted by Crippen LogP contribution is -2.37. The summed E-state index contributed by atoms with van der Waals surface area (Å²) >= 11 is 11.7. The summed E-state index contributed by atoms with van der Waals surface area (Å²) in [5.74, 6) is -1.37. The average Bonchev–Trinajstić information content (AvgIpc) is 2.64. The van der Waals surface area contributed by atoms with Gasteiger partial charge in [0.2, 0.25) is 0 Å². The van der Waals surface area contributed by atoms with Gasteiger partial charge in [-0.15, -0.1) is 0 Å². The summed E-state index contributed by atoms with van der Waals surface area (Å²) < 4.78 is 4.75. The molecule has 8 heteroatoms. The van der Waals surface area contributed by atoms with Crippen molar-refractivity contribution in [1.29, 1.82) is 0 Å². The van der Waals surface area contributed by atoms with Gasteiger partial charge in [0, 0.05) is 17.9 Å². The van der Waals surface area contributed by atoms with E-state index in [1.54, 1.807) is 13.8 Å². The number of halogens is 2. The van der Waals surface area contributed by atoms with Gasteiger partial charge in [-0.3, -0.25) is 9.59 Å². The first-order valence-corrected chi connectivity index (χ1v) is 7.35. The van der Waals surface area contributed by atoms with E-state index in [9.17, 15) is 14.7 Å². The fraction of sp³-hybridized carbons (Fsp3) is 0.429. The first-order valence-electron chi connectivity index (χ1n) is 6.59. The van der Waals surface area contributed by atoms with Gasteiger partial charge < -0.3 is 20.3 Å². The largest absolute Gasteiger partial charge is 0.466 e. The van der Waals surface area contributed by atoms with Crippen molar-refractivity contribution in [2.75, 3.05) is 18.5 Å². The van der Waals surface area contributed by atoms with Gasteiger partial charge in [0.15, 0.2) is 5.60 Å². The van der Waals surface area contributed by atoms with Crippen LogP contribution in [-0.4, -0.2) is 35.3 Å². The van der Waals surface area contributed by atoms with E-state index < -0.39 is 23.9 Å². The zero-order chi connectivity index (χ0) is 16.9. The molecule has 0 radical (unpaired) electrons. The van der Waals surface area contributed by atoms with Gasteiger partial charge in [0.25, 0.3) is 5.91 Å². The molecule has 0 saturated carbocycles. The minimum absolute atomic E-state index is 0.171. The third-order valence-electron chi connectivity index (χ3n) is 2.84. The molecule has 1 aliphatic rings. The maximum absolute atomic E-state index is 11.9. The maximum Gasteiger partial charge on any atom is 0.309 e. The van der Waals surface area contributed by atoms with Gasteiger partial charge in [0.05, 0.1) is 23.1 Å². The smallest absolute Gasteiger partial charge is 0.309 e. The van der Waals surface area contributed by atoms with Crippen molar-refractivity contribution in [2.45, 2.75) is 25.9 Å². The molecule has 3 N–H and O–H groups in total. The molecular formula is C14H17Cl2NO5. The highest BCUT2D eigenvalue weighted by molar-refractivity contribution is 6.42. The molecule has 1 atom stereocenters. The molecule has 0 fully saturated rings. The lowest BCUT2D eigenvalue weighted by atomic mass is 9.92. The summed E-state index contributed by atoms with van der Waals surface area (Å²) in [6.45, 7) is 3.74. The first-order chi connectivity index (χ1) is 10.3. The van der Waals surface area contributed by atoms with Crippen LogP contribution in [0, 0.1) is 0 Å². The SMILES string of the molecule is CCO.CCOC(=O)CC1(O)C(=O)Nc2cc(Cl)c(Cl)cc21. The van der Waals surface area contributed by atoms with Crippen LogP contribution in [-0.2, 0) is 19.9 Å². The van der Waals surface area contributed by atoms with Gasteiger partial charge in [-0.05, 0) is 26.0 Å². The van der Waals surface area contributed by atoms with E-state index in [1.165, 1.54) is 12.1 Å². The van der Waals surface area contributed by atoms with Crippen molar-refractivity contribution in [3.8, 4) is 0 Å². The van der Waals surface area contributed by atoms with Gasteiger partial charge in [0.1, 0.15) is 0 Å². The third-order valence-corrected chi connectivity index (χ3v) is 3.56. The Hall–Kier alpha value is -1.34. The molecule has 1 amide bonds. The normalized spacial score (nSPS) is 18.9. The number of ether oxygens (including phenoxy) is 1. The predicted molar refractivity (Wildman–Crippen MR) is 83.0 cm³/mol. The van der Waals surface area contributed by atoms with Crippen LogP contribution in [0.5, 0.6) is 0 Å². The maximum atomic E-state index is 11.9. The van der Waals surface area contributed by atoms with Crippen molar-refractivity contribution >= 4 is 40.8 Å². The molecular weight excluding hydrogens is 333 g/mol. The molecule has 22 heavy (non-hydrogen) atoms. The molecule has 2 rings (SSSR count). The molecule has 0 spiro atoms. The Labute approximate surface area is 138 Å². The minimum Gasteiger partial charge on any atom is -0.466 e. The first kappa shape index (κ1) is 18.7. The Morgan fingerprint density at radius 2 is 1.86 bits per heavy atom. The van der Waals surface area contributed by atoms with Crippen LogP contribution in [0.3, 0.4) is 0 Å². The van der Waals surface area contributed by atoms with Crippen molar-refractivity contribution in [3.63, 3.8) is 0 Å². The van der Waals surface area contributed by atoms with E-state index in [-0.39, 0.29) is 28.8 Å². The number of hydrogen-bond acceptors (Lipinski definition) is 5. The number of carbonyl (C=O) groups excluding carboxylic acids is 2. The van der Waals surface area contributed by atoms with Crippen LogP contribution in [0.4, 0.5) is 5.69 Å². The number of esters is 1. The highest BCUT2D eigenvalue weighted by Gasteiger charge is 2.47. The second-order valence-corrected chi connectivity index (χ2v) is 5.24. The molecule has 6 nitrogen and oxygen atoms in total. The van der Waals surface area contributed by atoms with Crippen LogP contribution in [0.2, 0.25) is 10.0 Å². The Balaban J connectivity index is 0.000000745. The van der Waals surface area contributed by atoms with Crippen LogP contribution < -0.4 is 5.32 Å². The number of carbonyl (C=O) groups is 2. The number of nitrogens with one attached hydrogen (secondary N) is 1. The van der Waals surface area contributed by atoms with Crippen molar-refractivity contribution < 1.29 is 24.5 Å². The lowest BCUT2D eigenvalue weighted by molar-refractivity contribution is -0.154. The van der Waals surface area contributed by atoms with Crippen LogP contribution in [0.25, 0.3) is 0 Å². The Kier molecular flexibility index (Phi) is 6.62. The quantitative estimate of drug-likeness (QED) is 0.726. The number of aliphatic hydroxyl groups is 2. The molecule has 0 saturated heterocycles. The van der Waals surface area contributed by atoms with E-state index in [4.69, 9.17) is 33.0 Å². The van der Waals surface area contributed by atoms with Gasteiger partial charge in [-0.2, -0.15) is 0 Å². The summed E-state index contributed by atoms with van der Waals surface area (Å²) in [5, 5.41) is 20.9. The van der Waals surface area contributed by atoms with E-state index in [1.807, 2.05) is 0 Å². The van der Waals surface area contributed by atoms with Crippen LogP contribution >= 0.6 is 23.2 Å². The molecule has 1 aromatic rings. The van der Waals surface area contributed by atoms with E-state index in [2.05, 4.69) is 5.32 Å². The van der Waals surface area contributed by atoms with E-state index >= 15 is 0 Å². The summed E-state index contributed by atoms with van der Waals surface area (Å²) in [5.41, 5.74) is -1.42. The third kappa shape index (κ3) is 3.89. The number of benzene rings is 1. The fourth-order valence-electron chi connectivity index (χ4n) is 1.94. The Morgan fingerprint density at radius 3 is 2.41 bits per heavy atom. The monoisotopic (exact) mass is 349 g/mol. The predicted octanol–water partition coefficient (Wildman–Crippen LogP) is 2.08. The molecule has 0 aliphatic carbocycles. The average molecular weight is 350 g/mol. The molecule has 1 unspecified atom stereocenters. The summed E-state index contributed by atoms with van der Waals surface area (Å²) in [7, 11) is 0. The van der Waals surface area contributed by atoms with Gasteiger partial charge in [-0.1, -0.05) is 23.2 Å². The number of anilines is 1. The van der Waals surface area contributed by atoms with Gasteiger partial charge in [-0.25, -0.2) is 0 Å². The van der Waals surface area contributed by atoms with Crippen molar-refractivity contribution in [3.05, 3.63) is 27.7 Å². The van der Waals surface area contributed by atoms with Crippen LogP contribution in [0.1, 0.15) is 25.8 Å². The molecule has 1 aromatic carbocycles. The summed E-state index contributed by atoms with van der Waals surface area (Å²) in [4.78, 5) is 23.4. The molecule has 1 heterocycles. The molecule has 0 aromatic heterocycles. The van der Waals surface area contributed by atoms with Crippen molar-refractivity contribution in [1.82, 2.24) is 0 Å². The minimum atomic E-state index is -1.98. The second kappa shape index (κ2) is 7.78. The molecule has 0 bridgehead atoms. The summed E-state index contributed by atoms with van der Waals surface area (Å²) in [6, 6.07) is 2.80. The highest BCUT2D eigenvalue weighted by Crippen LogP contribution is 2.42. The lowest BCUT2D eigenvalue weighted by Gasteiger charge is -2.19. The zero-order valence-electron chi connectivity index (χ0n) is 12.2. The molecule has 122 valence electrons. The summed E-state index contributed by atoms with van der Waals surface area (Å²) in [6.07, 6.45) is -0.475. The second-order valence-electron chi connectivity index (χ2n) is 4.42. The molecule has 1 aliphatic heterocycles. The van der Waals surface area contributed by atoms with E-state index in [0.29, 0.717) is 5.69 Å². The number of amides is 1.